The second-order valence-corrected chi connectivity index (χ2v) is 8.62. The van der Waals surface area contributed by atoms with Crippen LogP contribution < -0.4 is 0 Å². The van der Waals surface area contributed by atoms with Gasteiger partial charge in [0.25, 0.3) is 0 Å². The quantitative estimate of drug-likeness (QED) is 0.550. The number of sulfonamides is 1. The maximum Gasteiger partial charge on any atom is 0.337 e. The van der Waals surface area contributed by atoms with Crippen molar-refractivity contribution in [1.82, 2.24) is 4.31 Å². The molecule has 0 unspecified atom stereocenters. The van der Waals surface area contributed by atoms with Crippen LogP contribution >= 0.6 is 0 Å². The first-order valence-corrected chi connectivity index (χ1v) is 10.6. The Balaban J connectivity index is 2.04. The number of carbonyl (C=O) groups is 1. The van der Waals surface area contributed by atoms with Gasteiger partial charge < -0.3 is 4.74 Å². The van der Waals surface area contributed by atoms with Crippen LogP contribution in [0.3, 0.4) is 0 Å². The van der Waals surface area contributed by atoms with Crippen LogP contribution in [0.15, 0.2) is 83.8 Å². The molecule has 6 heteroatoms. The first-order chi connectivity index (χ1) is 13.9. The van der Waals surface area contributed by atoms with Crippen LogP contribution in [0.5, 0.6) is 0 Å². The van der Waals surface area contributed by atoms with Crippen LogP contribution in [-0.2, 0) is 27.8 Å². The van der Waals surface area contributed by atoms with Crippen molar-refractivity contribution in [3.63, 3.8) is 0 Å². The first kappa shape index (κ1) is 20.8. The Morgan fingerprint density at radius 2 is 1.38 bits per heavy atom. The van der Waals surface area contributed by atoms with Crippen molar-refractivity contribution in [2.75, 3.05) is 7.11 Å². The molecule has 0 amide bonds. The molecule has 3 rings (SSSR count). The summed E-state index contributed by atoms with van der Waals surface area (Å²) in [7, 11) is -2.60. The normalized spacial score (nSPS) is 11.4. The molecule has 0 saturated carbocycles. The number of esters is 1. The van der Waals surface area contributed by atoms with Crippen molar-refractivity contribution in [2.45, 2.75) is 24.9 Å². The Morgan fingerprint density at radius 1 is 0.862 bits per heavy atom. The standard InChI is InChI=1S/C23H23NO4S/c1-18-13-14-21(23(25)28-2)15-22(18)29(26,27)24(16-19-9-5-3-6-10-19)17-20-11-7-4-8-12-20/h3-15H,16-17H2,1-2H3. The molecule has 5 nitrogen and oxygen atoms in total. The smallest absolute Gasteiger partial charge is 0.337 e. The van der Waals surface area contributed by atoms with Gasteiger partial charge in [-0.2, -0.15) is 4.31 Å². The fourth-order valence-corrected chi connectivity index (χ4v) is 4.73. The molecule has 0 fully saturated rings. The second kappa shape index (κ2) is 9.03. The zero-order chi connectivity index (χ0) is 20.9. The lowest BCUT2D eigenvalue weighted by atomic mass is 10.1. The predicted molar refractivity (Wildman–Crippen MR) is 112 cm³/mol. The van der Waals surface area contributed by atoms with Crippen LogP contribution in [0.25, 0.3) is 0 Å². The fourth-order valence-electron chi connectivity index (χ4n) is 3.06. The number of ether oxygens (including phenoxy) is 1. The molecule has 0 bridgehead atoms. The summed E-state index contributed by atoms with van der Waals surface area (Å²) in [6.45, 7) is 2.16. The van der Waals surface area contributed by atoms with E-state index in [0.717, 1.165) is 11.1 Å². The maximum absolute atomic E-state index is 13.6. The van der Waals surface area contributed by atoms with Gasteiger partial charge in [0.1, 0.15) is 0 Å². The van der Waals surface area contributed by atoms with E-state index in [4.69, 9.17) is 4.74 Å². The molecule has 0 radical (unpaired) electrons. The Morgan fingerprint density at radius 3 is 1.86 bits per heavy atom. The highest BCUT2D eigenvalue weighted by Crippen LogP contribution is 2.25. The molecule has 0 atom stereocenters. The Hall–Kier alpha value is -2.96. The van der Waals surface area contributed by atoms with Gasteiger partial charge in [-0.15, -0.1) is 0 Å². The lowest BCUT2D eigenvalue weighted by molar-refractivity contribution is 0.0600. The maximum atomic E-state index is 13.6. The third-order valence-electron chi connectivity index (χ3n) is 4.63. The SMILES string of the molecule is COC(=O)c1ccc(C)c(S(=O)(=O)N(Cc2ccccc2)Cc2ccccc2)c1. The molecule has 0 aliphatic carbocycles. The van der Waals surface area contributed by atoms with Crippen molar-refractivity contribution in [3.05, 3.63) is 101 Å². The van der Waals surface area contributed by atoms with Crippen LogP contribution in [-0.4, -0.2) is 25.8 Å². The number of nitrogens with zero attached hydrogens (tertiary/aromatic N) is 1. The van der Waals surface area contributed by atoms with Crippen LogP contribution in [0.4, 0.5) is 0 Å². The number of hydrogen-bond acceptors (Lipinski definition) is 4. The predicted octanol–water partition coefficient (Wildman–Crippen LogP) is 4.17. The lowest BCUT2D eigenvalue weighted by Gasteiger charge is -2.24. The van der Waals surface area contributed by atoms with Gasteiger partial charge in [0.15, 0.2) is 0 Å². The van der Waals surface area contributed by atoms with Gasteiger partial charge in [0, 0.05) is 13.1 Å². The Labute approximate surface area is 171 Å². The number of aryl methyl sites for hydroxylation is 1. The summed E-state index contributed by atoms with van der Waals surface area (Å²) in [6.07, 6.45) is 0. The van der Waals surface area contributed by atoms with Gasteiger partial charge in [0.2, 0.25) is 10.0 Å². The van der Waals surface area contributed by atoms with Gasteiger partial charge in [-0.05, 0) is 35.7 Å². The van der Waals surface area contributed by atoms with E-state index < -0.39 is 16.0 Å². The van der Waals surface area contributed by atoms with Gasteiger partial charge in [-0.25, -0.2) is 13.2 Å². The molecule has 0 heterocycles. The third-order valence-corrected chi connectivity index (χ3v) is 6.56. The Kier molecular flexibility index (Phi) is 6.46. The summed E-state index contributed by atoms with van der Waals surface area (Å²) in [6, 6.07) is 23.5. The van der Waals surface area contributed by atoms with E-state index in [0.29, 0.717) is 5.56 Å². The molecule has 3 aromatic carbocycles. The van der Waals surface area contributed by atoms with Crippen molar-refractivity contribution >= 4 is 16.0 Å². The van der Waals surface area contributed by atoms with E-state index in [-0.39, 0.29) is 23.5 Å². The van der Waals surface area contributed by atoms with Gasteiger partial charge in [0.05, 0.1) is 17.6 Å². The average molecular weight is 410 g/mol. The minimum atomic E-state index is -3.87. The van der Waals surface area contributed by atoms with Crippen molar-refractivity contribution in [3.8, 4) is 0 Å². The number of hydrogen-bond donors (Lipinski definition) is 0. The van der Waals surface area contributed by atoms with E-state index in [1.807, 2.05) is 60.7 Å². The molecule has 29 heavy (non-hydrogen) atoms. The molecule has 3 aromatic rings. The second-order valence-electron chi connectivity index (χ2n) is 6.72. The fraction of sp³-hybridized carbons (Fsp3) is 0.174. The van der Waals surface area contributed by atoms with E-state index >= 15 is 0 Å². The molecular formula is C23H23NO4S. The number of benzene rings is 3. The highest BCUT2D eigenvalue weighted by molar-refractivity contribution is 7.89. The average Bonchev–Trinajstić information content (AvgIpc) is 2.74. The molecule has 0 aliphatic heterocycles. The molecule has 0 aliphatic rings. The van der Waals surface area contributed by atoms with E-state index in [1.54, 1.807) is 19.1 Å². The molecule has 0 saturated heterocycles. The van der Waals surface area contributed by atoms with Crippen molar-refractivity contribution in [2.24, 2.45) is 0 Å². The van der Waals surface area contributed by atoms with Crippen molar-refractivity contribution in [1.29, 1.82) is 0 Å². The van der Waals surface area contributed by atoms with Crippen LogP contribution in [0, 0.1) is 6.92 Å². The highest BCUT2D eigenvalue weighted by atomic mass is 32.2. The van der Waals surface area contributed by atoms with E-state index in [9.17, 15) is 13.2 Å². The lowest BCUT2D eigenvalue weighted by Crippen LogP contribution is -2.31. The number of carbonyl (C=O) groups excluding carboxylic acids is 1. The monoisotopic (exact) mass is 409 g/mol. The van der Waals surface area contributed by atoms with Crippen LogP contribution in [0.2, 0.25) is 0 Å². The third kappa shape index (κ3) is 4.91. The summed E-state index contributed by atoms with van der Waals surface area (Å²) in [5.41, 5.74) is 2.54. The van der Waals surface area contributed by atoms with Gasteiger partial charge in [-0.1, -0.05) is 66.7 Å². The first-order valence-electron chi connectivity index (χ1n) is 9.19. The Bertz CT molecular complexity index is 1040. The zero-order valence-electron chi connectivity index (χ0n) is 16.4. The summed E-state index contributed by atoms with van der Waals surface area (Å²) in [4.78, 5) is 12.0. The summed E-state index contributed by atoms with van der Waals surface area (Å²) >= 11 is 0. The summed E-state index contributed by atoms with van der Waals surface area (Å²) in [5.74, 6) is -0.570. The summed E-state index contributed by atoms with van der Waals surface area (Å²) in [5, 5.41) is 0. The molecule has 0 spiro atoms. The molecule has 0 N–H and O–H groups in total. The number of methoxy groups -OCH3 is 1. The molecule has 0 aromatic heterocycles. The number of rotatable bonds is 7. The van der Waals surface area contributed by atoms with Crippen molar-refractivity contribution < 1.29 is 17.9 Å². The highest BCUT2D eigenvalue weighted by Gasteiger charge is 2.27. The summed E-state index contributed by atoms with van der Waals surface area (Å²) < 4.78 is 33.4. The van der Waals surface area contributed by atoms with Crippen LogP contribution in [0.1, 0.15) is 27.0 Å². The van der Waals surface area contributed by atoms with E-state index in [2.05, 4.69) is 0 Å². The zero-order valence-corrected chi connectivity index (χ0v) is 17.2. The minimum Gasteiger partial charge on any atom is -0.465 e. The largest absolute Gasteiger partial charge is 0.465 e. The van der Waals surface area contributed by atoms with Gasteiger partial charge >= 0.3 is 5.97 Å². The molecule has 150 valence electrons. The minimum absolute atomic E-state index is 0.104. The topological polar surface area (TPSA) is 63.7 Å². The van der Waals surface area contributed by atoms with Gasteiger partial charge in [-0.3, -0.25) is 0 Å². The molecular weight excluding hydrogens is 386 g/mol. The van der Waals surface area contributed by atoms with E-state index in [1.165, 1.54) is 17.5 Å².